The Morgan fingerprint density at radius 1 is 0.333 bits per heavy atom. The quantitative estimate of drug-likeness (QED) is 0.186. The van der Waals surface area contributed by atoms with E-state index in [2.05, 4.69) is 127 Å². The van der Waals surface area contributed by atoms with Gasteiger partial charge < -0.3 is 4.42 Å². The van der Waals surface area contributed by atoms with Gasteiger partial charge in [0.25, 0.3) is 0 Å². The van der Waals surface area contributed by atoms with Crippen molar-refractivity contribution < 1.29 is 4.42 Å². The smallest absolute Gasteiger partial charge is 0.164 e. The Bertz CT molecular complexity index is 2900. The van der Waals surface area contributed by atoms with Crippen LogP contribution in [-0.2, 0) is 0 Å². The van der Waals surface area contributed by atoms with Crippen molar-refractivity contribution in [1.82, 2.24) is 15.0 Å². The fourth-order valence-electron chi connectivity index (χ4n) is 7.32. The van der Waals surface area contributed by atoms with Crippen molar-refractivity contribution >= 4 is 43.5 Å². The number of furan rings is 1. The summed E-state index contributed by atoms with van der Waals surface area (Å²) in [5.41, 5.74) is 8.89. The fourth-order valence-corrected chi connectivity index (χ4v) is 7.32. The fraction of sp³-hybridized carbons (Fsp3) is 0. The molecule has 0 spiro atoms. The third-order valence-electron chi connectivity index (χ3n) is 9.70. The van der Waals surface area contributed by atoms with E-state index in [1.54, 1.807) is 0 Å². The van der Waals surface area contributed by atoms with Crippen molar-refractivity contribution in [2.75, 3.05) is 0 Å². The standard InChI is InChI=1S/C47H29N3O/c1-4-15-31(16-5-1)42-36-22-12-10-14-30(36)24-26-38(42)47-49-45(33-19-8-3-9-20-33)48-46(50-47)35-25-27-41-39(29-35)40-28-34-21-11-13-23-37(34)43(44(40)51-41)32-17-6-2-7-18-32/h1-29H. The first-order chi connectivity index (χ1) is 25.3. The monoisotopic (exact) mass is 651 g/mol. The Hall–Kier alpha value is -6.91. The minimum atomic E-state index is 0.603. The minimum Gasteiger partial charge on any atom is -0.455 e. The molecule has 238 valence electrons. The zero-order chi connectivity index (χ0) is 33.7. The van der Waals surface area contributed by atoms with E-state index in [0.717, 1.165) is 82.4 Å². The van der Waals surface area contributed by atoms with Crippen molar-refractivity contribution in [3.8, 4) is 56.4 Å². The van der Waals surface area contributed by atoms with Gasteiger partial charge in [-0.2, -0.15) is 0 Å². The third kappa shape index (κ3) is 4.96. The van der Waals surface area contributed by atoms with Gasteiger partial charge in [-0.25, -0.2) is 15.0 Å². The molecule has 0 atom stereocenters. The third-order valence-corrected chi connectivity index (χ3v) is 9.70. The Morgan fingerprint density at radius 2 is 0.882 bits per heavy atom. The van der Waals surface area contributed by atoms with E-state index in [1.165, 1.54) is 0 Å². The predicted molar refractivity (Wildman–Crippen MR) is 209 cm³/mol. The van der Waals surface area contributed by atoms with E-state index in [-0.39, 0.29) is 0 Å². The van der Waals surface area contributed by atoms with Crippen LogP contribution in [0.25, 0.3) is 99.9 Å². The number of rotatable bonds is 5. The van der Waals surface area contributed by atoms with E-state index in [1.807, 2.05) is 48.5 Å². The highest BCUT2D eigenvalue weighted by atomic mass is 16.3. The van der Waals surface area contributed by atoms with E-state index in [0.29, 0.717) is 17.5 Å². The Labute approximate surface area is 294 Å². The number of fused-ring (bicyclic) bond motifs is 5. The molecule has 0 fully saturated rings. The van der Waals surface area contributed by atoms with Crippen LogP contribution >= 0.6 is 0 Å². The summed E-state index contributed by atoms with van der Waals surface area (Å²) >= 11 is 0. The number of aromatic nitrogens is 3. The van der Waals surface area contributed by atoms with Gasteiger partial charge in [-0.15, -0.1) is 0 Å². The second kappa shape index (κ2) is 11.9. The molecule has 2 heterocycles. The van der Waals surface area contributed by atoms with Gasteiger partial charge in [0.2, 0.25) is 0 Å². The highest BCUT2D eigenvalue weighted by Crippen LogP contribution is 2.42. The summed E-state index contributed by atoms with van der Waals surface area (Å²) < 4.78 is 6.68. The molecule has 10 aromatic rings. The van der Waals surface area contributed by atoms with E-state index < -0.39 is 0 Å². The Kier molecular flexibility index (Phi) is 6.78. The van der Waals surface area contributed by atoms with Gasteiger partial charge in [0.05, 0.1) is 0 Å². The molecule has 0 aliphatic carbocycles. The first-order valence-corrected chi connectivity index (χ1v) is 17.1. The zero-order valence-corrected chi connectivity index (χ0v) is 27.5. The second-order valence-electron chi connectivity index (χ2n) is 12.8. The summed E-state index contributed by atoms with van der Waals surface area (Å²) in [5, 5.41) is 6.71. The number of hydrogen-bond donors (Lipinski definition) is 0. The molecule has 0 unspecified atom stereocenters. The number of nitrogens with zero attached hydrogens (tertiary/aromatic N) is 3. The lowest BCUT2D eigenvalue weighted by Crippen LogP contribution is -2.01. The molecule has 0 N–H and O–H groups in total. The van der Waals surface area contributed by atoms with E-state index in [9.17, 15) is 0 Å². The van der Waals surface area contributed by atoms with Crippen molar-refractivity contribution in [2.45, 2.75) is 0 Å². The summed E-state index contributed by atoms with van der Waals surface area (Å²) in [6, 6.07) is 60.9. The summed E-state index contributed by atoms with van der Waals surface area (Å²) in [6.07, 6.45) is 0. The largest absolute Gasteiger partial charge is 0.455 e. The molecule has 0 aliphatic heterocycles. The topological polar surface area (TPSA) is 51.8 Å². The number of hydrogen-bond acceptors (Lipinski definition) is 4. The van der Waals surface area contributed by atoms with Gasteiger partial charge in [-0.1, -0.05) is 146 Å². The second-order valence-corrected chi connectivity index (χ2v) is 12.8. The highest BCUT2D eigenvalue weighted by Gasteiger charge is 2.20. The molecular formula is C47H29N3O. The molecule has 10 rings (SSSR count). The SMILES string of the molecule is c1ccc(-c2nc(-c3ccc4oc5c(-c6ccccc6)c6ccccc6cc5c4c3)nc(-c3ccc4ccccc4c3-c3ccccc3)n2)cc1. The average Bonchev–Trinajstić information content (AvgIpc) is 3.57. The van der Waals surface area contributed by atoms with Crippen LogP contribution in [0.3, 0.4) is 0 Å². The van der Waals surface area contributed by atoms with Crippen LogP contribution in [0.2, 0.25) is 0 Å². The van der Waals surface area contributed by atoms with Crippen LogP contribution in [0.1, 0.15) is 0 Å². The molecule has 4 heteroatoms. The summed E-state index contributed by atoms with van der Waals surface area (Å²) in [7, 11) is 0. The van der Waals surface area contributed by atoms with Crippen LogP contribution in [0, 0.1) is 0 Å². The normalized spacial score (nSPS) is 11.5. The molecule has 4 nitrogen and oxygen atoms in total. The summed E-state index contributed by atoms with van der Waals surface area (Å²) in [4.78, 5) is 15.5. The van der Waals surface area contributed by atoms with Gasteiger partial charge in [0.1, 0.15) is 11.2 Å². The Balaban J connectivity index is 1.22. The van der Waals surface area contributed by atoms with Crippen LogP contribution in [0.4, 0.5) is 0 Å². The van der Waals surface area contributed by atoms with Crippen LogP contribution < -0.4 is 0 Å². The maximum absolute atomic E-state index is 6.68. The molecule has 0 bridgehead atoms. The molecule has 0 saturated carbocycles. The van der Waals surface area contributed by atoms with Crippen molar-refractivity contribution in [3.63, 3.8) is 0 Å². The van der Waals surface area contributed by atoms with Gasteiger partial charge in [0.15, 0.2) is 17.5 Å². The van der Waals surface area contributed by atoms with Gasteiger partial charge >= 0.3 is 0 Å². The summed E-state index contributed by atoms with van der Waals surface area (Å²) in [5.74, 6) is 1.85. The lowest BCUT2D eigenvalue weighted by Gasteiger charge is -2.14. The van der Waals surface area contributed by atoms with E-state index in [4.69, 9.17) is 19.4 Å². The molecular weight excluding hydrogens is 623 g/mol. The minimum absolute atomic E-state index is 0.603. The van der Waals surface area contributed by atoms with Gasteiger partial charge in [0, 0.05) is 38.6 Å². The van der Waals surface area contributed by atoms with Crippen molar-refractivity contribution in [3.05, 3.63) is 176 Å². The molecule has 2 aromatic heterocycles. The summed E-state index contributed by atoms with van der Waals surface area (Å²) in [6.45, 7) is 0. The van der Waals surface area contributed by atoms with Gasteiger partial charge in [-0.3, -0.25) is 0 Å². The maximum atomic E-state index is 6.68. The molecule has 8 aromatic carbocycles. The Morgan fingerprint density at radius 3 is 1.59 bits per heavy atom. The lowest BCUT2D eigenvalue weighted by molar-refractivity contribution is 0.670. The molecule has 0 radical (unpaired) electrons. The molecule has 51 heavy (non-hydrogen) atoms. The highest BCUT2D eigenvalue weighted by molar-refractivity contribution is 6.18. The van der Waals surface area contributed by atoms with Crippen molar-refractivity contribution in [2.24, 2.45) is 0 Å². The molecule has 0 saturated heterocycles. The first-order valence-electron chi connectivity index (χ1n) is 17.1. The van der Waals surface area contributed by atoms with Crippen LogP contribution in [-0.4, -0.2) is 15.0 Å². The predicted octanol–water partition coefficient (Wildman–Crippen LogP) is 12.4. The zero-order valence-electron chi connectivity index (χ0n) is 27.5. The van der Waals surface area contributed by atoms with Gasteiger partial charge in [-0.05, 0) is 63.0 Å². The van der Waals surface area contributed by atoms with Crippen LogP contribution in [0.15, 0.2) is 180 Å². The average molecular weight is 652 g/mol. The number of benzene rings is 8. The maximum Gasteiger partial charge on any atom is 0.164 e. The van der Waals surface area contributed by atoms with Crippen LogP contribution in [0.5, 0.6) is 0 Å². The van der Waals surface area contributed by atoms with Crippen molar-refractivity contribution in [1.29, 1.82) is 0 Å². The molecule has 0 aliphatic rings. The first kappa shape index (κ1) is 29.0. The lowest BCUT2D eigenvalue weighted by atomic mass is 9.93. The molecule has 0 amide bonds. The van der Waals surface area contributed by atoms with E-state index >= 15 is 0 Å².